The summed E-state index contributed by atoms with van der Waals surface area (Å²) in [6, 6.07) is 7.75. The van der Waals surface area contributed by atoms with Crippen LogP contribution in [0.2, 0.25) is 0 Å². The lowest BCUT2D eigenvalue weighted by molar-refractivity contribution is 0.669. The highest BCUT2D eigenvalue weighted by molar-refractivity contribution is 6.19. The highest BCUT2D eigenvalue weighted by Gasteiger charge is 2.21. The van der Waals surface area contributed by atoms with E-state index < -0.39 is 119 Å². The third-order valence-corrected chi connectivity index (χ3v) is 8.83. The van der Waals surface area contributed by atoms with Crippen molar-refractivity contribution in [1.29, 1.82) is 0 Å². The first-order chi connectivity index (χ1) is 32.3. The van der Waals surface area contributed by atoms with Crippen LogP contribution in [0.4, 0.5) is 0 Å². The molecule has 0 radical (unpaired) electrons. The molecule has 238 valence electrons. The molecule has 0 spiro atoms. The molecule has 0 N–H and O–H groups in total. The fourth-order valence-corrected chi connectivity index (χ4v) is 6.70. The standard InChI is InChI=1S/C45H27N5O/c1-3-13-28(14-4-1)43-46-44(29-15-5-2-6-16-29)48-45(47-43)50-38-21-11-8-18-32(38)35-26-34-31-17-7-10-20-37(31)49(39(34)27-40(35)50)30-23-24-42-36(25-30)33-19-9-12-22-41(33)51-42/h1-27H/i1D,2D,3D,4D,5D,6D,9D,12D,13D,14D,15D,16D,19D,22D,23D,24D,25D. The summed E-state index contributed by atoms with van der Waals surface area (Å²) in [7, 11) is 0. The van der Waals surface area contributed by atoms with Gasteiger partial charge in [-0.25, -0.2) is 4.98 Å². The molecule has 0 bridgehead atoms. The number of hydrogen-bond donors (Lipinski definition) is 0. The molecule has 0 aliphatic carbocycles. The van der Waals surface area contributed by atoms with Crippen molar-refractivity contribution in [3.05, 3.63) is 163 Å². The lowest BCUT2D eigenvalue weighted by atomic mass is 10.1. The topological polar surface area (TPSA) is 61.7 Å². The SMILES string of the molecule is [2H]c1c([2H])c([2H])c(-c2nc(-c3c([2H])c([2H])c([2H])c([2H])c3[2H])nc(-n3c4ccccc4c4cc5c6ccccc6n(-c6c([2H])c([2H])c7oc8c([2H])c([2H])c([2H])c([2H])c8c7c6[2H])c5cc43)n2)c([2H])c1[2H]. The third kappa shape index (κ3) is 4.20. The molecule has 6 nitrogen and oxygen atoms in total. The number of fused-ring (bicyclic) bond motifs is 9. The van der Waals surface area contributed by atoms with Gasteiger partial charge >= 0.3 is 0 Å². The van der Waals surface area contributed by atoms with Crippen molar-refractivity contribution in [2.75, 3.05) is 0 Å². The Labute approximate surface area is 315 Å². The molecule has 0 amide bonds. The van der Waals surface area contributed by atoms with Gasteiger partial charge in [-0.05, 0) is 48.4 Å². The van der Waals surface area contributed by atoms with E-state index in [1.54, 1.807) is 45.5 Å². The third-order valence-electron chi connectivity index (χ3n) is 8.83. The molecule has 0 unspecified atom stereocenters. The van der Waals surface area contributed by atoms with Crippen LogP contribution >= 0.6 is 0 Å². The predicted molar refractivity (Wildman–Crippen MR) is 207 cm³/mol. The first-order valence-electron chi connectivity index (χ1n) is 24.2. The molecule has 6 heteroatoms. The Morgan fingerprint density at radius 1 is 0.451 bits per heavy atom. The van der Waals surface area contributed by atoms with Gasteiger partial charge in [0.15, 0.2) is 11.6 Å². The summed E-state index contributed by atoms with van der Waals surface area (Å²) in [6.07, 6.45) is 0. The van der Waals surface area contributed by atoms with Crippen molar-refractivity contribution >= 4 is 65.6 Å². The van der Waals surface area contributed by atoms with Gasteiger partial charge in [0.05, 0.1) is 45.4 Å². The van der Waals surface area contributed by atoms with Gasteiger partial charge in [0, 0.05) is 49.1 Å². The average Bonchev–Trinajstić information content (AvgIpc) is 4.00. The van der Waals surface area contributed by atoms with Crippen LogP contribution in [0.15, 0.2) is 168 Å². The van der Waals surface area contributed by atoms with E-state index in [2.05, 4.69) is 4.98 Å². The Kier molecular flexibility index (Phi) is 3.39. The van der Waals surface area contributed by atoms with Crippen molar-refractivity contribution in [2.45, 2.75) is 0 Å². The van der Waals surface area contributed by atoms with Crippen LogP contribution in [0.3, 0.4) is 0 Å². The molecule has 0 aliphatic heterocycles. The van der Waals surface area contributed by atoms with Gasteiger partial charge in [-0.3, -0.25) is 4.57 Å². The summed E-state index contributed by atoms with van der Waals surface area (Å²) < 4.78 is 157. The normalized spacial score (nSPS) is 16.6. The summed E-state index contributed by atoms with van der Waals surface area (Å²) in [4.78, 5) is 13.9. The van der Waals surface area contributed by atoms with Gasteiger partial charge < -0.3 is 8.98 Å². The van der Waals surface area contributed by atoms with Crippen LogP contribution < -0.4 is 0 Å². The fraction of sp³-hybridized carbons (Fsp3) is 0. The molecule has 0 fully saturated rings. The van der Waals surface area contributed by atoms with Crippen LogP contribution in [0.25, 0.3) is 100.0 Å². The quantitative estimate of drug-likeness (QED) is 0.187. The van der Waals surface area contributed by atoms with Gasteiger partial charge in [0.2, 0.25) is 5.95 Å². The molecular weight excluding hydrogens is 627 g/mol. The van der Waals surface area contributed by atoms with Gasteiger partial charge in [-0.2, -0.15) is 9.97 Å². The number of aromatic nitrogens is 5. The molecule has 0 saturated heterocycles. The van der Waals surface area contributed by atoms with E-state index in [4.69, 9.17) is 34.9 Å². The zero-order chi connectivity index (χ0) is 48.3. The zero-order valence-electron chi connectivity index (χ0n) is 42.9. The predicted octanol–water partition coefficient (Wildman–Crippen LogP) is 11.3. The van der Waals surface area contributed by atoms with E-state index in [1.165, 1.54) is 0 Å². The maximum atomic E-state index is 9.68. The molecule has 4 heterocycles. The van der Waals surface area contributed by atoms with E-state index in [9.17, 15) is 2.74 Å². The van der Waals surface area contributed by atoms with Gasteiger partial charge in [-0.15, -0.1) is 0 Å². The summed E-state index contributed by atoms with van der Waals surface area (Å²) in [5.41, 5.74) is 0.250. The molecule has 4 aromatic heterocycles. The van der Waals surface area contributed by atoms with Crippen LogP contribution in [0.1, 0.15) is 23.3 Å². The minimum atomic E-state index is -0.695. The van der Waals surface area contributed by atoms with Gasteiger partial charge in [-0.1, -0.05) is 115 Å². The maximum Gasteiger partial charge on any atom is 0.238 e. The zero-order valence-corrected chi connectivity index (χ0v) is 25.9. The fourth-order valence-electron chi connectivity index (χ4n) is 6.70. The Morgan fingerprint density at radius 3 is 1.71 bits per heavy atom. The van der Waals surface area contributed by atoms with Crippen molar-refractivity contribution < 1.29 is 27.7 Å². The molecule has 0 saturated carbocycles. The second-order valence-corrected chi connectivity index (χ2v) is 11.6. The smallest absolute Gasteiger partial charge is 0.238 e. The van der Waals surface area contributed by atoms with E-state index in [0.29, 0.717) is 43.6 Å². The number of rotatable bonds is 4. The second kappa shape index (κ2) is 10.7. The Balaban J connectivity index is 1.29. The van der Waals surface area contributed by atoms with E-state index in [1.807, 2.05) is 24.3 Å². The highest BCUT2D eigenvalue weighted by Crippen LogP contribution is 2.40. The minimum Gasteiger partial charge on any atom is -0.456 e. The summed E-state index contributed by atoms with van der Waals surface area (Å²) >= 11 is 0. The van der Waals surface area contributed by atoms with Gasteiger partial charge in [0.25, 0.3) is 0 Å². The van der Waals surface area contributed by atoms with Gasteiger partial charge in [0.1, 0.15) is 11.2 Å². The number of nitrogens with zero attached hydrogens (tertiary/aromatic N) is 5. The van der Waals surface area contributed by atoms with Crippen molar-refractivity contribution in [1.82, 2.24) is 24.1 Å². The molecule has 11 rings (SSSR count). The molecule has 0 atom stereocenters. The second-order valence-electron chi connectivity index (χ2n) is 11.6. The Hall–Kier alpha value is -7.05. The summed E-state index contributed by atoms with van der Waals surface area (Å²) in [5.74, 6) is -1.17. The van der Waals surface area contributed by atoms with Crippen LogP contribution in [0.5, 0.6) is 0 Å². The van der Waals surface area contributed by atoms with Crippen LogP contribution in [-0.2, 0) is 0 Å². The largest absolute Gasteiger partial charge is 0.456 e. The van der Waals surface area contributed by atoms with Crippen LogP contribution in [0, 0.1) is 0 Å². The summed E-state index contributed by atoms with van der Waals surface area (Å²) in [5, 5.41) is 2.39. The van der Waals surface area contributed by atoms with Crippen LogP contribution in [-0.4, -0.2) is 24.1 Å². The Bertz CT molecular complexity index is 4000. The number of hydrogen-bond acceptors (Lipinski definition) is 4. The number of furan rings is 1. The monoisotopic (exact) mass is 670 g/mol. The van der Waals surface area contributed by atoms with Crippen molar-refractivity contribution in [3.8, 4) is 34.4 Å². The lowest BCUT2D eigenvalue weighted by Crippen LogP contribution is -2.06. The summed E-state index contributed by atoms with van der Waals surface area (Å²) in [6.45, 7) is 0. The number of para-hydroxylation sites is 3. The molecule has 0 aliphatic rings. The Morgan fingerprint density at radius 2 is 1.02 bits per heavy atom. The first-order valence-corrected chi connectivity index (χ1v) is 15.7. The van der Waals surface area contributed by atoms with E-state index >= 15 is 0 Å². The lowest BCUT2D eigenvalue weighted by Gasteiger charge is -2.11. The first kappa shape index (κ1) is 16.1. The molecule has 11 aromatic rings. The van der Waals surface area contributed by atoms with E-state index in [-0.39, 0.29) is 39.6 Å². The molecule has 7 aromatic carbocycles. The maximum absolute atomic E-state index is 9.68. The van der Waals surface area contributed by atoms with E-state index in [0.717, 1.165) is 0 Å². The average molecular weight is 671 g/mol. The van der Waals surface area contributed by atoms with Crippen molar-refractivity contribution in [3.63, 3.8) is 0 Å². The minimum absolute atomic E-state index is 0.0883. The molecular formula is C45H27N5O. The van der Waals surface area contributed by atoms with Crippen molar-refractivity contribution in [2.24, 2.45) is 0 Å². The number of benzene rings is 7. The highest BCUT2D eigenvalue weighted by atomic mass is 16.3. The molecule has 51 heavy (non-hydrogen) atoms.